The fourth-order valence-electron chi connectivity index (χ4n) is 6.80. The Bertz CT molecular complexity index is 1110. The molecule has 0 bridgehead atoms. The quantitative estimate of drug-likeness (QED) is 0.0570. The van der Waals surface area contributed by atoms with Crippen molar-refractivity contribution in [3.05, 3.63) is 0 Å². The van der Waals surface area contributed by atoms with Gasteiger partial charge in [-0.1, -0.05) is 104 Å². The molecule has 0 saturated carbocycles. The van der Waals surface area contributed by atoms with Crippen LogP contribution in [0.2, 0.25) is 0 Å². The second-order valence-corrected chi connectivity index (χ2v) is 18.7. The number of nitrogens with zero attached hydrogens (tertiary/aromatic N) is 6. The number of sulfonamides is 2. The summed E-state index contributed by atoms with van der Waals surface area (Å²) in [5.74, 6) is 0. The molecular weight excluding hydrogens is 681 g/mol. The summed E-state index contributed by atoms with van der Waals surface area (Å²) < 4.78 is 61.2. The number of hydrogen-bond acceptors (Lipinski definition) is 8. The van der Waals surface area contributed by atoms with Gasteiger partial charge in [0.25, 0.3) is 0 Å². The summed E-state index contributed by atoms with van der Waals surface area (Å²) in [6.07, 6.45) is 19.5. The van der Waals surface area contributed by atoms with Gasteiger partial charge in [-0.15, -0.1) is 0 Å². The maximum atomic E-state index is 15.0. The molecule has 0 fully saturated rings. The molecule has 0 aromatic carbocycles. The first-order valence-corrected chi connectivity index (χ1v) is 23.0. The standard InChI is InChI=1S/C39H70N6O4S2/c1-3-29-39(30-4-2,50(46,47)44(35-25-17-9-5-13-21-31-40)36-26-18-10-6-14-22-32-41)51(48,49)45(37-27-19-11-7-15-23-33-42)38-28-20-12-8-16-24-34-43/h3-30,35-38H2,1-2H3. The zero-order valence-corrected chi connectivity index (χ0v) is 33.9. The van der Waals surface area contributed by atoms with Crippen molar-refractivity contribution in [3.8, 4) is 24.3 Å². The molecule has 10 nitrogen and oxygen atoms in total. The summed E-state index contributed by atoms with van der Waals surface area (Å²) in [4.78, 5) is 0. The van der Waals surface area contributed by atoms with Gasteiger partial charge in [-0.05, 0) is 64.2 Å². The van der Waals surface area contributed by atoms with E-state index in [0.29, 0.717) is 64.2 Å². The van der Waals surface area contributed by atoms with E-state index in [1.165, 1.54) is 8.61 Å². The van der Waals surface area contributed by atoms with E-state index in [9.17, 15) is 0 Å². The van der Waals surface area contributed by atoms with Gasteiger partial charge in [-0.25, -0.2) is 25.4 Å². The van der Waals surface area contributed by atoms with Crippen LogP contribution in [0.4, 0.5) is 0 Å². The maximum Gasteiger partial charge on any atom is 0.235 e. The Morgan fingerprint density at radius 1 is 0.392 bits per heavy atom. The molecule has 0 rings (SSSR count). The minimum Gasteiger partial charge on any atom is -0.210 e. The highest BCUT2D eigenvalue weighted by atomic mass is 32.3. The van der Waals surface area contributed by atoms with Crippen molar-refractivity contribution in [1.29, 1.82) is 21.0 Å². The van der Waals surface area contributed by atoms with Crippen LogP contribution in [0.25, 0.3) is 0 Å². The van der Waals surface area contributed by atoms with E-state index in [1.54, 1.807) is 0 Å². The summed E-state index contributed by atoms with van der Waals surface area (Å²) in [7, 11) is -8.58. The van der Waals surface area contributed by atoms with E-state index in [1.807, 2.05) is 13.8 Å². The molecule has 0 amide bonds. The van der Waals surface area contributed by atoms with Crippen molar-refractivity contribution in [2.75, 3.05) is 26.2 Å². The summed E-state index contributed by atoms with van der Waals surface area (Å²) in [5, 5.41) is 35.4. The van der Waals surface area contributed by atoms with E-state index < -0.39 is 24.1 Å². The first-order valence-electron chi connectivity index (χ1n) is 20.1. The molecule has 0 atom stereocenters. The highest BCUT2D eigenvalue weighted by molar-refractivity contribution is 8.08. The molecule has 0 aliphatic carbocycles. The third-order valence-corrected chi connectivity index (χ3v) is 15.7. The van der Waals surface area contributed by atoms with Crippen molar-refractivity contribution < 1.29 is 16.8 Å². The van der Waals surface area contributed by atoms with Crippen molar-refractivity contribution >= 4 is 20.0 Å². The van der Waals surface area contributed by atoms with Crippen LogP contribution >= 0.6 is 0 Å². The van der Waals surface area contributed by atoms with Crippen LogP contribution in [0.15, 0.2) is 0 Å². The molecule has 0 spiro atoms. The predicted molar refractivity (Wildman–Crippen MR) is 207 cm³/mol. The van der Waals surface area contributed by atoms with E-state index in [-0.39, 0.29) is 39.0 Å². The van der Waals surface area contributed by atoms with Crippen molar-refractivity contribution in [3.63, 3.8) is 0 Å². The maximum absolute atomic E-state index is 15.0. The first kappa shape index (κ1) is 48.8. The van der Waals surface area contributed by atoms with E-state index >= 15 is 16.8 Å². The van der Waals surface area contributed by atoms with Crippen LogP contribution in [-0.4, -0.2) is 55.7 Å². The number of unbranched alkanes of at least 4 members (excludes halogenated alkanes) is 20. The van der Waals surface area contributed by atoms with Crippen molar-refractivity contribution in [2.24, 2.45) is 0 Å². The monoisotopic (exact) mass is 750 g/mol. The predicted octanol–water partition coefficient (Wildman–Crippen LogP) is 10.0. The van der Waals surface area contributed by atoms with Gasteiger partial charge in [0, 0.05) is 51.9 Å². The molecule has 0 saturated heterocycles. The van der Waals surface area contributed by atoms with Gasteiger partial charge in [0.05, 0.1) is 24.3 Å². The first-order chi connectivity index (χ1) is 24.7. The lowest BCUT2D eigenvalue weighted by molar-refractivity contribution is 0.346. The Balaban J connectivity index is 6.39. The number of hydrogen-bond donors (Lipinski definition) is 0. The molecule has 51 heavy (non-hydrogen) atoms. The fourth-order valence-corrected chi connectivity index (χ4v) is 12.8. The van der Waals surface area contributed by atoms with Crippen LogP contribution in [0.1, 0.15) is 194 Å². The molecule has 0 radical (unpaired) electrons. The minimum absolute atomic E-state index is 0.0448. The summed E-state index contributed by atoms with van der Waals surface area (Å²) in [6.45, 7) is 4.87. The van der Waals surface area contributed by atoms with Gasteiger partial charge in [-0.3, -0.25) is 0 Å². The zero-order valence-electron chi connectivity index (χ0n) is 32.3. The summed E-state index contributed by atoms with van der Waals surface area (Å²) >= 11 is 0. The molecule has 0 heterocycles. The number of nitriles is 4. The minimum atomic E-state index is -4.29. The Kier molecular flexibility index (Phi) is 30.0. The second-order valence-electron chi connectivity index (χ2n) is 13.9. The average molecular weight is 751 g/mol. The molecule has 0 aliphatic heterocycles. The van der Waals surface area contributed by atoms with Gasteiger partial charge in [-0.2, -0.15) is 21.0 Å². The Morgan fingerprint density at radius 2 is 0.608 bits per heavy atom. The lowest BCUT2D eigenvalue weighted by atomic mass is 10.1. The van der Waals surface area contributed by atoms with Gasteiger partial charge < -0.3 is 0 Å². The Hall–Kier alpha value is -2.22. The van der Waals surface area contributed by atoms with Crippen LogP contribution < -0.4 is 0 Å². The molecule has 0 unspecified atom stereocenters. The van der Waals surface area contributed by atoms with Gasteiger partial charge in [0.2, 0.25) is 24.1 Å². The third-order valence-electron chi connectivity index (χ3n) is 9.67. The largest absolute Gasteiger partial charge is 0.235 e. The molecular formula is C39H70N6O4S2. The van der Waals surface area contributed by atoms with Gasteiger partial charge >= 0.3 is 0 Å². The summed E-state index contributed by atoms with van der Waals surface area (Å²) in [6, 6.07) is 8.69. The molecule has 12 heteroatoms. The Labute approximate surface area is 313 Å². The van der Waals surface area contributed by atoms with E-state index in [0.717, 1.165) is 103 Å². The van der Waals surface area contributed by atoms with Gasteiger partial charge in [0.15, 0.2) is 0 Å². The Morgan fingerprint density at radius 3 is 0.824 bits per heavy atom. The van der Waals surface area contributed by atoms with Crippen LogP contribution in [0, 0.1) is 45.3 Å². The molecule has 0 aromatic heterocycles. The fraction of sp³-hybridized carbons (Fsp3) is 0.897. The lowest BCUT2D eigenvalue weighted by Gasteiger charge is -2.40. The van der Waals surface area contributed by atoms with Crippen LogP contribution in [-0.2, 0) is 20.0 Å². The second kappa shape index (κ2) is 31.3. The van der Waals surface area contributed by atoms with E-state index in [4.69, 9.17) is 21.0 Å². The van der Waals surface area contributed by atoms with Crippen LogP contribution in [0.5, 0.6) is 0 Å². The lowest BCUT2D eigenvalue weighted by Crippen LogP contribution is -2.58. The van der Waals surface area contributed by atoms with Crippen molar-refractivity contribution in [2.45, 2.75) is 198 Å². The number of rotatable bonds is 36. The summed E-state index contributed by atoms with van der Waals surface area (Å²) in [5.41, 5.74) is 0. The third kappa shape index (κ3) is 19.4. The molecule has 0 N–H and O–H groups in total. The van der Waals surface area contributed by atoms with Crippen molar-refractivity contribution in [1.82, 2.24) is 8.61 Å². The van der Waals surface area contributed by atoms with Gasteiger partial charge in [0.1, 0.15) is 0 Å². The van der Waals surface area contributed by atoms with Crippen LogP contribution in [0.3, 0.4) is 0 Å². The SMILES string of the molecule is CCCC(CCC)(S(=O)(=O)N(CCCCCCCC#N)CCCCCCCC#N)S(=O)(=O)N(CCCCCCCC#N)CCCCCCCC#N. The molecule has 0 aromatic rings. The zero-order chi connectivity index (χ0) is 38.1. The topological polar surface area (TPSA) is 170 Å². The van der Waals surface area contributed by atoms with E-state index in [2.05, 4.69) is 24.3 Å². The smallest absolute Gasteiger partial charge is 0.210 e. The normalized spacial score (nSPS) is 12.1. The highest BCUT2D eigenvalue weighted by Gasteiger charge is 2.57. The highest BCUT2D eigenvalue weighted by Crippen LogP contribution is 2.40. The molecule has 292 valence electrons. The molecule has 0 aliphatic rings. The average Bonchev–Trinajstić information content (AvgIpc) is 3.11.